The molecule has 3 N–H and O–H groups in total. The molecule has 0 unspecified atom stereocenters. The lowest BCUT2D eigenvalue weighted by Crippen LogP contribution is -2.61. The average Bonchev–Trinajstić information content (AvgIpc) is 2.65. The highest BCUT2D eigenvalue weighted by atomic mass is 16.2. The molecule has 0 aliphatic heterocycles. The van der Waals surface area contributed by atoms with Crippen molar-refractivity contribution in [3.05, 3.63) is 35.4 Å². The van der Waals surface area contributed by atoms with E-state index in [9.17, 15) is 9.59 Å². The molecule has 4 fully saturated rings. The predicted octanol–water partition coefficient (Wildman–Crippen LogP) is 2.83. The van der Waals surface area contributed by atoms with Gasteiger partial charge in [0.1, 0.15) is 0 Å². The van der Waals surface area contributed by atoms with Crippen molar-refractivity contribution in [3.63, 3.8) is 0 Å². The summed E-state index contributed by atoms with van der Waals surface area (Å²) >= 11 is 0. The molecule has 0 saturated heterocycles. The van der Waals surface area contributed by atoms with E-state index in [2.05, 4.69) is 22.0 Å². The van der Waals surface area contributed by atoms with Gasteiger partial charge in [-0.1, -0.05) is 12.1 Å². The Morgan fingerprint density at radius 3 is 2.18 bits per heavy atom. The second-order valence-corrected chi connectivity index (χ2v) is 8.91. The molecule has 0 radical (unpaired) electrons. The van der Waals surface area contributed by atoms with Gasteiger partial charge in [-0.3, -0.25) is 4.79 Å². The first kappa shape index (κ1) is 18.8. The largest absolute Gasteiger partial charge is 0.352 e. The van der Waals surface area contributed by atoms with Crippen molar-refractivity contribution in [2.75, 3.05) is 6.54 Å². The Bertz CT molecular complexity index is 745. The molecular weight excluding hydrogens is 352 g/mol. The summed E-state index contributed by atoms with van der Waals surface area (Å²) in [6.07, 6.45) is 7.67. The lowest BCUT2D eigenvalue weighted by molar-refractivity contribution is -0.121. The second-order valence-electron chi connectivity index (χ2n) is 8.91. The Hall–Kier alpha value is -2.55. The first-order valence-corrected chi connectivity index (χ1v) is 10.4. The van der Waals surface area contributed by atoms with Crippen molar-refractivity contribution in [1.29, 1.82) is 5.26 Å². The maximum absolute atomic E-state index is 12.4. The number of hydrogen-bond acceptors (Lipinski definition) is 3. The van der Waals surface area contributed by atoms with Crippen molar-refractivity contribution < 1.29 is 9.59 Å². The molecule has 28 heavy (non-hydrogen) atoms. The summed E-state index contributed by atoms with van der Waals surface area (Å²) in [5, 5.41) is 17.8. The summed E-state index contributed by atoms with van der Waals surface area (Å²) in [7, 11) is 0. The highest BCUT2D eigenvalue weighted by Gasteiger charge is 2.51. The number of hydrogen-bond donors (Lipinski definition) is 3. The van der Waals surface area contributed by atoms with E-state index in [0.717, 1.165) is 42.6 Å². The maximum Gasteiger partial charge on any atom is 0.315 e. The van der Waals surface area contributed by atoms with Crippen LogP contribution < -0.4 is 16.0 Å². The van der Waals surface area contributed by atoms with Gasteiger partial charge in [-0.25, -0.2) is 4.79 Å². The van der Waals surface area contributed by atoms with Crippen LogP contribution in [-0.4, -0.2) is 24.0 Å². The number of carbonyl (C=O) groups is 2. The van der Waals surface area contributed by atoms with Gasteiger partial charge in [0.2, 0.25) is 5.91 Å². The quantitative estimate of drug-likeness (QED) is 0.708. The van der Waals surface area contributed by atoms with Crippen LogP contribution in [0.5, 0.6) is 0 Å². The van der Waals surface area contributed by atoms with Crippen LogP contribution in [0.3, 0.4) is 0 Å². The van der Waals surface area contributed by atoms with Crippen LogP contribution in [0.2, 0.25) is 0 Å². The number of nitrogens with zero attached hydrogens (tertiary/aromatic N) is 1. The molecule has 4 saturated carbocycles. The summed E-state index contributed by atoms with van der Waals surface area (Å²) in [5.74, 6) is 2.28. The summed E-state index contributed by atoms with van der Waals surface area (Å²) in [6.45, 7) is 0.751. The zero-order chi connectivity index (χ0) is 19.6. The molecule has 1 aromatic carbocycles. The fourth-order valence-corrected chi connectivity index (χ4v) is 5.82. The lowest BCUT2D eigenvalue weighted by atomic mass is 9.53. The van der Waals surface area contributed by atoms with E-state index in [1.54, 1.807) is 12.1 Å². The topological polar surface area (TPSA) is 94.0 Å². The van der Waals surface area contributed by atoms with Crippen molar-refractivity contribution in [2.45, 2.75) is 57.0 Å². The Labute approximate surface area is 166 Å². The van der Waals surface area contributed by atoms with E-state index in [1.165, 1.54) is 19.3 Å². The van der Waals surface area contributed by atoms with Crippen LogP contribution in [0.15, 0.2) is 24.3 Å². The molecule has 0 atom stereocenters. The van der Waals surface area contributed by atoms with Gasteiger partial charge < -0.3 is 16.0 Å². The zero-order valence-electron chi connectivity index (χ0n) is 16.2. The van der Waals surface area contributed by atoms with E-state index in [-0.39, 0.29) is 23.9 Å². The van der Waals surface area contributed by atoms with E-state index in [0.29, 0.717) is 18.7 Å². The van der Waals surface area contributed by atoms with E-state index < -0.39 is 0 Å². The molecule has 4 aliphatic carbocycles. The standard InChI is InChI=1S/C22H28N4O2/c23-13-15-1-3-16(4-2-15)14-25-20(27)5-6-24-21(28)26-22-10-17-7-18(11-22)9-19(8-17)12-22/h1-4,17-19H,5-12,14H2,(H,25,27)(H2,24,26,28). The number of carbonyl (C=O) groups excluding carboxylic acids is 2. The lowest BCUT2D eigenvalue weighted by Gasteiger charge is -2.56. The third-order valence-electron chi connectivity index (χ3n) is 6.63. The molecule has 4 bridgehead atoms. The minimum Gasteiger partial charge on any atom is -0.352 e. The highest BCUT2D eigenvalue weighted by molar-refractivity contribution is 5.78. The van der Waals surface area contributed by atoms with Gasteiger partial charge in [-0.05, 0) is 74.0 Å². The molecule has 0 heterocycles. The smallest absolute Gasteiger partial charge is 0.315 e. The third kappa shape index (κ3) is 4.30. The molecule has 6 nitrogen and oxygen atoms in total. The number of benzene rings is 1. The van der Waals surface area contributed by atoms with Gasteiger partial charge in [-0.2, -0.15) is 5.26 Å². The normalized spacial score (nSPS) is 29.8. The molecule has 1 aromatic rings. The van der Waals surface area contributed by atoms with Crippen molar-refractivity contribution in [3.8, 4) is 6.07 Å². The minimum atomic E-state index is -0.137. The number of nitrogens with one attached hydrogen (secondary N) is 3. The first-order chi connectivity index (χ1) is 13.5. The third-order valence-corrected chi connectivity index (χ3v) is 6.63. The van der Waals surface area contributed by atoms with E-state index >= 15 is 0 Å². The Morgan fingerprint density at radius 2 is 1.61 bits per heavy atom. The maximum atomic E-state index is 12.4. The van der Waals surface area contributed by atoms with Gasteiger partial charge in [0, 0.05) is 25.0 Å². The molecular formula is C22H28N4O2. The Balaban J connectivity index is 1.16. The minimum absolute atomic E-state index is 0.00329. The molecule has 0 spiro atoms. The predicted molar refractivity (Wildman–Crippen MR) is 105 cm³/mol. The SMILES string of the molecule is N#Cc1ccc(CNC(=O)CCNC(=O)NC23CC4CC(CC(C4)C2)C3)cc1. The van der Waals surface area contributed by atoms with Gasteiger partial charge in [0.15, 0.2) is 0 Å². The number of urea groups is 1. The van der Waals surface area contributed by atoms with Crippen molar-refractivity contribution in [2.24, 2.45) is 17.8 Å². The molecule has 4 aliphatic rings. The number of amides is 3. The molecule has 3 amide bonds. The zero-order valence-corrected chi connectivity index (χ0v) is 16.2. The molecule has 6 heteroatoms. The first-order valence-electron chi connectivity index (χ1n) is 10.4. The molecule has 5 rings (SSSR count). The Morgan fingerprint density at radius 1 is 1.00 bits per heavy atom. The average molecular weight is 380 g/mol. The van der Waals surface area contributed by atoms with E-state index in [4.69, 9.17) is 5.26 Å². The van der Waals surface area contributed by atoms with Crippen molar-refractivity contribution >= 4 is 11.9 Å². The molecule has 148 valence electrons. The fraction of sp³-hybridized carbons (Fsp3) is 0.591. The summed E-state index contributed by atoms with van der Waals surface area (Å²) in [6, 6.07) is 9.06. The summed E-state index contributed by atoms with van der Waals surface area (Å²) in [4.78, 5) is 24.4. The Kier molecular flexibility index (Phi) is 5.25. The van der Waals surface area contributed by atoms with Gasteiger partial charge in [-0.15, -0.1) is 0 Å². The monoisotopic (exact) mass is 380 g/mol. The summed E-state index contributed by atoms with van der Waals surface area (Å²) < 4.78 is 0. The van der Waals surface area contributed by atoms with Crippen LogP contribution in [0.1, 0.15) is 56.1 Å². The van der Waals surface area contributed by atoms with Gasteiger partial charge in [0.05, 0.1) is 11.6 Å². The van der Waals surface area contributed by atoms with Crippen LogP contribution in [0, 0.1) is 29.1 Å². The van der Waals surface area contributed by atoms with Crippen LogP contribution in [0.4, 0.5) is 4.79 Å². The highest BCUT2D eigenvalue weighted by Crippen LogP contribution is 2.55. The van der Waals surface area contributed by atoms with Crippen molar-refractivity contribution in [1.82, 2.24) is 16.0 Å². The van der Waals surface area contributed by atoms with Crippen LogP contribution in [0.25, 0.3) is 0 Å². The van der Waals surface area contributed by atoms with Gasteiger partial charge >= 0.3 is 6.03 Å². The van der Waals surface area contributed by atoms with Crippen LogP contribution in [-0.2, 0) is 11.3 Å². The van der Waals surface area contributed by atoms with Gasteiger partial charge in [0.25, 0.3) is 0 Å². The fourth-order valence-electron chi connectivity index (χ4n) is 5.82. The number of rotatable bonds is 6. The summed E-state index contributed by atoms with van der Waals surface area (Å²) in [5.41, 5.74) is 1.54. The second kappa shape index (κ2) is 7.83. The van der Waals surface area contributed by atoms with E-state index in [1.807, 2.05) is 12.1 Å². The number of nitriles is 1. The van der Waals surface area contributed by atoms with Crippen LogP contribution >= 0.6 is 0 Å². The molecule has 0 aromatic heterocycles.